The van der Waals surface area contributed by atoms with E-state index < -0.39 is 0 Å². The number of hydrogen-bond acceptors (Lipinski definition) is 8. The third-order valence-corrected chi connectivity index (χ3v) is 5.64. The number of halogens is 1. The maximum absolute atomic E-state index is 13.2. The molecule has 11 heteroatoms. The minimum atomic E-state index is -0.326. The largest absolute Gasteiger partial charge is 0.497 e. The highest BCUT2D eigenvalue weighted by Crippen LogP contribution is 2.34. The Morgan fingerprint density at radius 3 is 2.65 bits per heavy atom. The first-order valence-electron chi connectivity index (χ1n) is 10.5. The van der Waals surface area contributed by atoms with E-state index in [9.17, 15) is 4.39 Å². The fourth-order valence-corrected chi connectivity index (χ4v) is 3.99. The number of methoxy groups -OCH3 is 1. The summed E-state index contributed by atoms with van der Waals surface area (Å²) < 4.78 is 33.5. The molecule has 6 rings (SSSR count). The van der Waals surface area contributed by atoms with Crippen molar-refractivity contribution < 1.29 is 18.4 Å². The zero-order valence-corrected chi connectivity index (χ0v) is 18.3. The van der Waals surface area contributed by atoms with E-state index in [1.165, 1.54) is 12.1 Å². The zero-order chi connectivity index (χ0) is 23.2. The first-order valence-corrected chi connectivity index (χ1v) is 10.5. The molecule has 1 aliphatic heterocycles. The average Bonchev–Trinajstić information content (AvgIpc) is 3.55. The second-order valence-corrected chi connectivity index (χ2v) is 7.72. The lowest BCUT2D eigenvalue weighted by Gasteiger charge is -2.11. The molecular formula is C23H18FN7O3. The van der Waals surface area contributed by atoms with Crippen LogP contribution >= 0.6 is 0 Å². The summed E-state index contributed by atoms with van der Waals surface area (Å²) in [5, 5.41) is 12.9. The quantitative estimate of drug-likeness (QED) is 0.386. The van der Waals surface area contributed by atoms with E-state index in [2.05, 4.69) is 25.4 Å². The number of ether oxygens (including phenoxy) is 2. The summed E-state index contributed by atoms with van der Waals surface area (Å²) in [5.41, 5.74) is 4.56. The molecule has 0 bridgehead atoms. The number of aromatic nitrogens is 7. The fourth-order valence-electron chi connectivity index (χ4n) is 3.99. The Kier molecular flexibility index (Phi) is 4.61. The van der Waals surface area contributed by atoms with Gasteiger partial charge in [-0.3, -0.25) is 4.57 Å². The van der Waals surface area contributed by atoms with Gasteiger partial charge in [-0.1, -0.05) is 10.4 Å². The Balaban J connectivity index is 1.47. The highest BCUT2D eigenvalue weighted by atomic mass is 19.1. The van der Waals surface area contributed by atoms with Gasteiger partial charge in [0.25, 0.3) is 0 Å². The van der Waals surface area contributed by atoms with Crippen molar-refractivity contribution in [3.63, 3.8) is 0 Å². The lowest BCUT2D eigenvalue weighted by molar-refractivity contribution is 0.299. The van der Waals surface area contributed by atoms with Crippen molar-refractivity contribution >= 4 is 0 Å². The molecule has 10 nitrogen and oxygen atoms in total. The molecule has 0 unspecified atom stereocenters. The van der Waals surface area contributed by atoms with Gasteiger partial charge in [0.05, 0.1) is 29.9 Å². The van der Waals surface area contributed by atoms with Crippen molar-refractivity contribution in [3.8, 4) is 34.4 Å². The monoisotopic (exact) mass is 459 g/mol. The van der Waals surface area contributed by atoms with E-state index >= 15 is 0 Å². The topological polar surface area (TPSA) is 106 Å². The SMILES string of the molecule is COc1ccc2c(c1)-n1nnc(COc3ccc(F)cc3)c1Cc1c(-c3noc(C)n3)ncn1-2. The highest BCUT2D eigenvalue weighted by Gasteiger charge is 2.28. The predicted octanol–water partition coefficient (Wildman–Crippen LogP) is 3.44. The van der Waals surface area contributed by atoms with Gasteiger partial charge in [-0.2, -0.15) is 4.98 Å². The van der Waals surface area contributed by atoms with E-state index in [-0.39, 0.29) is 12.4 Å². The minimum Gasteiger partial charge on any atom is -0.497 e. The number of hydrogen-bond donors (Lipinski definition) is 0. The number of nitrogens with zero attached hydrogens (tertiary/aromatic N) is 7. The van der Waals surface area contributed by atoms with E-state index in [1.54, 1.807) is 37.2 Å². The number of aryl methyl sites for hydroxylation is 1. The first-order chi connectivity index (χ1) is 16.6. The van der Waals surface area contributed by atoms with Crippen LogP contribution < -0.4 is 9.47 Å². The molecule has 0 N–H and O–H groups in total. The van der Waals surface area contributed by atoms with Crippen molar-refractivity contribution in [2.45, 2.75) is 20.0 Å². The zero-order valence-electron chi connectivity index (χ0n) is 18.3. The van der Waals surface area contributed by atoms with Gasteiger partial charge in [-0.05, 0) is 36.4 Å². The number of rotatable bonds is 5. The maximum Gasteiger partial charge on any atom is 0.223 e. The Labute approximate surface area is 192 Å². The van der Waals surface area contributed by atoms with Crippen LogP contribution in [0.2, 0.25) is 0 Å². The molecule has 34 heavy (non-hydrogen) atoms. The summed E-state index contributed by atoms with van der Waals surface area (Å²) in [4.78, 5) is 8.94. The first kappa shape index (κ1) is 20.1. The summed E-state index contributed by atoms with van der Waals surface area (Å²) in [6, 6.07) is 11.6. The van der Waals surface area contributed by atoms with E-state index in [1.807, 2.05) is 22.8 Å². The summed E-state index contributed by atoms with van der Waals surface area (Å²) in [6.07, 6.45) is 2.17. The molecule has 0 atom stereocenters. The molecule has 5 aromatic rings. The summed E-state index contributed by atoms with van der Waals surface area (Å²) in [7, 11) is 1.61. The molecule has 0 spiro atoms. The second-order valence-electron chi connectivity index (χ2n) is 7.72. The van der Waals surface area contributed by atoms with Crippen LogP contribution in [0, 0.1) is 12.7 Å². The van der Waals surface area contributed by atoms with Gasteiger partial charge >= 0.3 is 0 Å². The van der Waals surface area contributed by atoms with E-state index in [0.29, 0.717) is 41.0 Å². The number of fused-ring (bicyclic) bond motifs is 5. The van der Waals surface area contributed by atoms with Crippen LogP contribution in [0.4, 0.5) is 4.39 Å². The van der Waals surface area contributed by atoms with Crippen LogP contribution in [0.25, 0.3) is 22.9 Å². The Hall–Kier alpha value is -4.54. The molecule has 2 aromatic carbocycles. The molecule has 1 aliphatic rings. The molecule has 0 fully saturated rings. The molecule has 3 aromatic heterocycles. The van der Waals surface area contributed by atoms with Gasteiger partial charge in [0, 0.05) is 19.4 Å². The van der Waals surface area contributed by atoms with Crippen molar-refractivity contribution in [1.82, 2.24) is 34.7 Å². The average molecular weight is 459 g/mol. The van der Waals surface area contributed by atoms with Gasteiger partial charge in [0.15, 0.2) is 0 Å². The van der Waals surface area contributed by atoms with Gasteiger partial charge in [-0.15, -0.1) is 5.10 Å². The third kappa shape index (κ3) is 3.29. The Morgan fingerprint density at radius 2 is 1.88 bits per heavy atom. The van der Waals surface area contributed by atoms with Crippen molar-refractivity contribution in [1.29, 1.82) is 0 Å². The summed E-state index contributed by atoms with van der Waals surface area (Å²) in [6.45, 7) is 1.89. The number of imidazole rings is 1. The van der Waals surface area contributed by atoms with Gasteiger partial charge in [-0.25, -0.2) is 14.1 Å². The predicted molar refractivity (Wildman–Crippen MR) is 117 cm³/mol. The smallest absolute Gasteiger partial charge is 0.223 e. The van der Waals surface area contributed by atoms with Gasteiger partial charge < -0.3 is 14.0 Å². The van der Waals surface area contributed by atoms with Crippen LogP contribution in [-0.4, -0.2) is 41.8 Å². The maximum atomic E-state index is 13.2. The molecule has 0 saturated carbocycles. The highest BCUT2D eigenvalue weighted by molar-refractivity contribution is 5.63. The Morgan fingerprint density at radius 1 is 1.06 bits per heavy atom. The molecule has 0 amide bonds. The minimum absolute atomic E-state index is 0.158. The molecule has 170 valence electrons. The van der Waals surface area contributed by atoms with Crippen molar-refractivity contribution in [2.24, 2.45) is 0 Å². The normalized spacial score (nSPS) is 12.0. The Bertz CT molecular complexity index is 1500. The van der Waals surface area contributed by atoms with Crippen LogP contribution in [-0.2, 0) is 13.0 Å². The van der Waals surface area contributed by atoms with Crippen LogP contribution in [0.3, 0.4) is 0 Å². The number of benzene rings is 2. The van der Waals surface area contributed by atoms with Gasteiger partial charge in [0.1, 0.15) is 41.6 Å². The van der Waals surface area contributed by atoms with Crippen LogP contribution in [0.5, 0.6) is 11.5 Å². The lowest BCUT2D eigenvalue weighted by Crippen LogP contribution is -2.06. The molecule has 0 saturated heterocycles. The molecule has 4 heterocycles. The van der Waals surface area contributed by atoms with Crippen molar-refractivity contribution in [2.75, 3.05) is 7.11 Å². The standard InChI is InChI=1S/C23H18FN7O3/c1-13-26-23(28-34-13)22-21-10-19-17(11-33-15-5-3-14(24)4-6-15)27-29-31(19)20-9-16(32-2)7-8-18(20)30(21)12-25-22/h3-9,12H,10-11H2,1-2H3. The van der Waals surface area contributed by atoms with Crippen molar-refractivity contribution in [3.05, 3.63) is 77.6 Å². The molecular weight excluding hydrogens is 441 g/mol. The summed E-state index contributed by atoms with van der Waals surface area (Å²) >= 11 is 0. The third-order valence-electron chi connectivity index (χ3n) is 5.64. The van der Waals surface area contributed by atoms with Crippen LogP contribution in [0.15, 0.2) is 53.3 Å². The fraction of sp³-hybridized carbons (Fsp3) is 0.174. The van der Waals surface area contributed by atoms with E-state index in [0.717, 1.165) is 22.8 Å². The van der Waals surface area contributed by atoms with Gasteiger partial charge in [0.2, 0.25) is 11.7 Å². The second kappa shape index (κ2) is 7.80. The lowest BCUT2D eigenvalue weighted by atomic mass is 10.1. The van der Waals surface area contributed by atoms with Crippen LogP contribution in [0.1, 0.15) is 23.0 Å². The summed E-state index contributed by atoms with van der Waals surface area (Å²) in [5.74, 6) is 1.75. The van der Waals surface area contributed by atoms with E-state index in [4.69, 9.17) is 14.0 Å². The molecule has 0 aliphatic carbocycles. The molecule has 0 radical (unpaired) electrons.